The number of hydrogen-bond donors (Lipinski definition) is 1. The summed E-state index contributed by atoms with van der Waals surface area (Å²) >= 11 is 0. The van der Waals surface area contributed by atoms with Gasteiger partial charge in [-0.05, 0) is 19.4 Å². The van der Waals surface area contributed by atoms with Crippen molar-refractivity contribution in [3.8, 4) is 0 Å². The van der Waals surface area contributed by atoms with E-state index < -0.39 is 0 Å². The maximum atomic E-state index is 11.7. The number of hydrogen-bond acceptors (Lipinski definition) is 3. The largest absolute Gasteiger partial charge is 0.344 e. The smallest absolute Gasteiger partial charge is 0.241 e. The second kappa shape index (κ2) is 5.70. The third-order valence-corrected chi connectivity index (χ3v) is 2.62. The van der Waals surface area contributed by atoms with Gasteiger partial charge in [0.25, 0.3) is 0 Å². The molecule has 5 heteroatoms. The Balaban J connectivity index is 2.47. The van der Waals surface area contributed by atoms with Gasteiger partial charge in [0.1, 0.15) is 0 Å². The molecule has 5 nitrogen and oxygen atoms in total. The Labute approximate surface area is 90.2 Å². The van der Waals surface area contributed by atoms with Gasteiger partial charge >= 0.3 is 0 Å². The van der Waals surface area contributed by atoms with Crippen molar-refractivity contribution in [1.29, 1.82) is 0 Å². The molecular formula is C10H19N3O2. The maximum Gasteiger partial charge on any atom is 0.241 e. The molecule has 0 aromatic heterocycles. The molecule has 2 amide bonds. The van der Waals surface area contributed by atoms with Crippen molar-refractivity contribution in [2.45, 2.75) is 19.3 Å². The SMILES string of the molecule is CN1CCCN(C(=O)CCCN)CC1=O. The zero-order chi connectivity index (χ0) is 11.3. The summed E-state index contributed by atoms with van der Waals surface area (Å²) in [6.45, 7) is 2.16. The van der Waals surface area contributed by atoms with Crippen molar-refractivity contribution in [1.82, 2.24) is 9.80 Å². The second-order valence-corrected chi connectivity index (χ2v) is 3.88. The van der Waals surface area contributed by atoms with Crippen LogP contribution in [0.1, 0.15) is 19.3 Å². The summed E-state index contributed by atoms with van der Waals surface area (Å²) in [6.07, 6.45) is 2.00. The maximum absolute atomic E-state index is 11.7. The summed E-state index contributed by atoms with van der Waals surface area (Å²) in [7, 11) is 1.77. The lowest BCUT2D eigenvalue weighted by atomic mass is 10.2. The van der Waals surface area contributed by atoms with Crippen molar-refractivity contribution in [3.05, 3.63) is 0 Å². The Morgan fingerprint density at radius 1 is 1.47 bits per heavy atom. The highest BCUT2D eigenvalue weighted by molar-refractivity contribution is 5.85. The van der Waals surface area contributed by atoms with Crippen LogP contribution in [-0.2, 0) is 9.59 Å². The predicted molar refractivity (Wildman–Crippen MR) is 57.1 cm³/mol. The predicted octanol–water partition coefficient (Wildman–Crippen LogP) is -0.584. The molecule has 1 fully saturated rings. The number of rotatable bonds is 3. The van der Waals surface area contributed by atoms with E-state index in [2.05, 4.69) is 0 Å². The van der Waals surface area contributed by atoms with Crippen LogP contribution >= 0.6 is 0 Å². The summed E-state index contributed by atoms with van der Waals surface area (Å²) < 4.78 is 0. The topological polar surface area (TPSA) is 66.6 Å². The van der Waals surface area contributed by atoms with E-state index in [-0.39, 0.29) is 18.4 Å². The van der Waals surface area contributed by atoms with Gasteiger partial charge in [0, 0.05) is 26.6 Å². The van der Waals surface area contributed by atoms with Crippen LogP contribution < -0.4 is 5.73 Å². The van der Waals surface area contributed by atoms with Crippen LogP contribution in [0.25, 0.3) is 0 Å². The third kappa shape index (κ3) is 3.51. The number of nitrogens with zero attached hydrogens (tertiary/aromatic N) is 2. The summed E-state index contributed by atoms with van der Waals surface area (Å²) in [4.78, 5) is 26.5. The average molecular weight is 213 g/mol. The first kappa shape index (κ1) is 12.0. The molecule has 2 N–H and O–H groups in total. The van der Waals surface area contributed by atoms with Crippen molar-refractivity contribution in [3.63, 3.8) is 0 Å². The molecule has 15 heavy (non-hydrogen) atoms. The fourth-order valence-corrected chi connectivity index (χ4v) is 1.61. The van der Waals surface area contributed by atoms with E-state index >= 15 is 0 Å². The molecule has 0 aliphatic carbocycles. The Morgan fingerprint density at radius 3 is 2.87 bits per heavy atom. The second-order valence-electron chi connectivity index (χ2n) is 3.88. The fraction of sp³-hybridized carbons (Fsp3) is 0.800. The number of likely N-dealkylation sites (N-methyl/N-ethyl adjacent to an activating group) is 1. The Morgan fingerprint density at radius 2 is 2.20 bits per heavy atom. The molecule has 1 heterocycles. The molecule has 0 spiro atoms. The Hall–Kier alpha value is -1.10. The zero-order valence-electron chi connectivity index (χ0n) is 9.24. The van der Waals surface area contributed by atoms with Crippen LogP contribution in [0, 0.1) is 0 Å². The third-order valence-electron chi connectivity index (χ3n) is 2.62. The van der Waals surface area contributed by atoms with Crippen LogP contribution in [0.3, 0.4) is 0 Å². The zero-order valence-corrected chi connectivity index (χ0v) is 9.24. The van der Waals surface area contributed by atoms with Crippen molar-refractivity contribution in [2.75, 3.05) is 33.2 Å². The lowest BCUT2D eigenvalue weighted by Crippen LogP contribution is -2.38. The molecular weight excluding hydrogens is 194 g/mol. The minimum absolute atomic E-state index is 0.0219. The van der Waals surface area contributed by atoms with Gasteiger partial charge in [0.15, 0.2) is 0 Å². The molecule has 1 aliphatic heterocycles. The highest BCUT2D eigenvalue weighted by Gasteiger charge is 2.21. The van der Waals surface area contributed by atoms with Crippen LogP contribution in [0.15, 0.2) is 0 Å². The number of carbonyl (C=O) groups excluding carboxylic acids is 2. The Kier molecular flexibility index (Phi) is 4.55. The van der Waals surface area contributed by atoms with Gasteiger partial charge in [-0.2, -0.15) is 0 Å². The molecule has 1 saturated heterocycles. The molecule has 0 aromatic carbocycles. The molecule has 0 aromatic rings. The van der Waals surface area contributed by atoms with E-state index in [1.807, 2.05) is 0 Å². The molecule has 1 rings (SSSR count). The van der Waals surface area contributed by atoms with Gasteiger partial charge in [-0.1, -0.05) is 0 Å². The fourth-order valence-electron chi connectivity index (χ4n) is 1.61. The van der Waals surface area contributed by atoms with Gasteiger partial charge in [-0.25, -0.2) is 0 Å². The van der Waals surface area contributed by atoms with Crippen LogP contribution in [0.4, 0.5) is 0 Å². The summed E-state index contributed by atoms with van der Waals surface area (Å²) in [5, 5.41) is 0. The van der Waals surface area contributed by atoms with Crippen molar-refractivity contribution >= 4 is 11.8 Å². The van der Waals surface area contributed by atoms with Gasteiger partial charge in [-0.3, -0.25) is 9.59 Å². The van der Waals surface area contributed by atoms with Gasteiger partial charge in [0.2, 0.25) is 11.8 Å². The highest BCUT2D eigenvalue weighted by Crippen LogP contribution is 2.05. The first-order valence-corrected chi connectivity index (χ1v) is 5.37. The number of amides is 2. The van der Waals surface area contributed by atoms with Crippen LogP contribution in [-0.4, -0.2) is 54.8 Å². The van der Waals surface area contributed by atoms with Gasteiger partial charge in [0.05, 0.1) is 6.54 Å². The van der Waals surface area contributed by atoms with E-state index in [9.17, 15) is 9.59 Å². The first-order chi connectivity index (χ1) is 7.15. The number of carbonyl (C=O) groups is 2. The molecule has 86 valence electrons. The monoisotopic (exact) mass is 213 g/mol. The molecule has 0 unspecified atom stereocenters. The first-order valence-electron chi connectivity index (χ1n) is 5.37. The highest BCUT2D eigenvalue weighted by atomic mass is 16.2. The van der Waals surface area contributed by atoms with Crippen LogP contribution in [0.5, 0.6) is 0 Å². The van der Waals surface area contributed by atoms with E-state index in [1.165, 1.54) is 0 Å². The summed E-state index contributed by atoms with van der Waals surface area (Å²) in [5.74, 6) is 0.0673. The van der Waals surface area contributed by atoms with Crippen molar-refractivity contribution in [2.24, 2.45) is 5.73 Å². The van der Waals surface area contributed by atoms with Crippen LogP contribution in [0.2, 0.25) is 0 Å². The summed E-state index contributed by atoms with van der Waals surface area (Å²) in [6, 6.07) is 0. The normalized spacial score (nSPS) is 17.9. The quantitative estimate of drug-likeness (QED) is 0.682. The summed E-state index contributed by atoms with van der Waals surface area (Å²) in [5.41, 5.74) is 5.34. The molecule has 0 saturated carbocycles. The standard InChI is InChI=1S/C10H19N3O2/c1-12-6-3-7-13(8-10(12)15)9(14)4-2-5-11/h2-8,11H2,1H3. The molecule has 0 bridgehead atoms. The minimum atomic E-state index is 0.0219. The molecule has 0 atom stereocenters. The Bertz CT molecular complexity index is 243. The van der Waals surface area contributed by atoms with E-state index in [1.54, 1.807) is 16.8 Å². The number of nitrogens with two attached hydrogens (primary N) is 1. The van der Waals surface area contributed by atoms with Crippen molar-refractivity contribution < 1.29 is 9.59 Å². The lowest BCUT2D eigenvalue weighted by Gasteiger charge is -2.19. The van der Waals surface area contributed by atoms with E-state index in [0.29, 0.717) is 25.9 Å². The van der Waals surface area contributed by atoms with E-state index in [4.69, 9.17) is 5.73 Å². The lowest BCUT2D eigenvalue weighted by molar-refractivity contribution is -0.138. The average Bonchev–Trinajstić information content (AvgIpc) is 2.38. The molecule has 0 radical (unpaired) electrons. The van der Waals surface area contributed by atoms with Gasteiger partial charge < -0.3 is 15.5 Å². The molecule has 1 aliphatic rings. The van der Waals surface area contributed by atoms with E-state index in [0.717, 1.165) is 13.0 Å². The van der Waals surface area contributed by atoms with Gasteiger partial charge in [-0.15, -0.1) is 0 Å². The minimum Gasteiger partial charge on any atom is -0.344 e.